The van der Waals surface area contributed by atoms with E-state index in [0.717, 1.165) is 34.2 Å². The number of rotatable bonds is 4. The van der Waals surface area contributed by atoms with E-state index in [0.29, 0.717) is 11.5 Å². The molecule has 28 heavy (non-hydrogen) atoms. The first-order valence-electron chi connectivity index (χ1n) is 9.04. The lowest BCUT2D eigenvalue weighted by molar-refractivity contribution is 0.373. The Hall–Kier alpha value is -3.54. The van der Waals surface area contributed by atoms with Crippen molar-refractivity contribution in [3.05, 3.63) is 65.5 Å². The van der Waals surface area contributed by atoms with Crippen molar-refractivity contribution in [1.29, 1.82) is 0 Å². The SMILES string of the molecule is COc1cc(-c2nc3nc(C)cc(C)n3c2Nc2ccc(C)cc2)ccc1O. The molecule has 2 aromatic heterocycles. The molecular weight excluding hydrogens is 352 g/mol. The summed E-state index contributed by atoms with van der Waals surface area (Å²) in [7, 11) is 1.53. The van der Waals surface area contributed by atoms with Gasteiger partial charge in [-0.2, -0.15) is 0 Å². The molecule has 0 bridgehead atoms. The highest BCUT2D eigenvalue weighted by atomic mass is 16.5. The van der Waals surface area contributed by atoms with Crippen molar-refractivity contribution in [2.75, 3.05) is 12.4 Å². The van der Waals surface area contributed by atoms with Crippen molar-refractivity contribution in [1.82, 2.24) is 14.4 Å². The first-order chi connectivity index (χ1) is 13.5. The van der Waals surface area contributed by atoms with E-state index in [2.05, 4.69) is 29.4 Å². The highest BCUT2D eigenvalue weighted by Gasteiger charge is 2.18. The van der Waals surface area contributed by atoms with E-state index in [-0.39, 0.29) is 5.75 Å². The van der Waals surface area contributed by atoms with Crippen LogP contribution in [0.5, 0.6) is 11.5 Å². The maximum Gasteiger partial charge on any atom is 0.236 e. The number of hydrogen-bond acceptors (Lipinski definition) is 5. The predicted molar refractivity (Wildman–Crippen MR) is 111 cm³/mol. The number of hydrogen-bond donors (Lipinski definition) is 2. The number of benzene rings is 2. The Morgan fingerprint density at radius 2 is 1.71 bits per heavy atom. The van der Waals surface area contributed by atoms with Crippen LogP contribution >= 0.6 is 0 Å². The fourth-order valence-electron chi connectivity index (χ4n) is 3.29. The van der Waals surface area contributed by atoms with Gasteiger partial charge in [-0.15, -0.1) is 0 Å². The molecule has 6 heteroatoms. The summed E-state index contributed by atoms with van der Waals surface area (Å²) in [5, 5.41) is 13.4. The molecule has 0 saturated heterocycles. The molecule has 0 saturated carbocycles. The van der Waals surface area contributed by atoms with E-state index in [1.54, 1.807) is 12.1 Å². The van der Waals surface area contributed by atoms with Gasteiger partial charge in [-0.1, -0.05) is 17.7 Å². The molecule has 0 aliphatic heterocycles. The summed E-state index contributed by atoms with van der Waals surface area (Å²) in [5.74, 6) is 1.93. The number of aryl methyl sites for hydroxylation is 3. The number of fused-ring (bicyclic) bond motifs is 1. The molecule has 0 aliphatic carbocycles. The zero-order valence-corrected chi connectivity index (χ0v) is 16.3. The van der Waals surface area contributed by atoms with Crippen LogP contribution in [0, 0.1) is 20.8 Å². The lowest BCUT2D eigenvalue weighted by Gasteiger charge is -2.12. The van der Waals surface area contributed by atoms with Crippen LogP contribution in [-0.2, 0) is 0 Å². The molecule has 4 rings (SSSR count). The van der Waals surface area contributed by atoms with Gasteiger partial charge in [0.25, 0.3) is 0 Å². The number of imidazole rings is 1. The Kier molecular flexibility index (Phi) is 4.39. The highest BCUT2D eigenvalue weighted by molar-refractivity contribution is 5.80. The van der Waals surface area contributed by atoms with Crippen molar-refractivity contribution in [2.45, 2.75) is 20.8 Å². The quantitative estimate of drug-likeness (QED) is 0.538. The largest absolute Gasteiger partial charge is 0.504 e. The van der Waals surface area contributed by atoms with Gasteiger partial charge < -0.3 is 15.2 Å². The fourth-order valence-corrected chi connectivity index (χ4v) is 3.29. The molecule has 2 aromatic carbocycles. The molecule has 6 nitrogen and oxygen atoms in total. The number of nitrogens with zero attached hydrogens (tertiary/aromatic N) is 3. The maximum absolute atomic E-state index is 9.95. The van der Waals surface area contributed by atoms with Crippen molar-refractivity contribution in [2.24, 2.45) is 0 Å². The molecule has 2 heterocycles. The molecule has 0 radical (unpaired) electrons. The number of phenols is 1. The summed E-state index contributed by atoms with van der Waals surface area (Å²) in [6.07, 6.45) is 0. The lowest BCUT2D eigenvalue weighted by Crippen LogP contribution is -2.01. The number of aromatic nitrogens is 3. The van der Waals surface area contributed by atoms with Crippen molar-refractivity contribution >= 4 is 17.3 Å². The molecule has 0 spiro atoms. The topological polar surface area (TPSA) is 71.7 Å². The van der Waals surface area contributed by atoms with Crippen molar-refractivity contribution < 1.29 is 9.84 Å². The second kappa shape index (κ2) is 6.88. The number of nitrogens with one attached hydrogen (secondary N) is 1. The molecule has 4 aromatic rings. The third-order valence-corrected chi connectivity index (χ3v) is 4.67. The minimum Gasteiger partial charge on any atom is -0.504 e. The van der Waals surface area contributed by atoms with Gasteiger partial charge in [0.05, 0.1) is 7.11 Å². The summed E-state index contributed by atoms with van der Waals surface area (Å²) in [6, 6.07) is 15.4. The Balaban J connectivity index is 1.94. The normalized spacial score (nSPS) is 11.0. The van der Waals surface area contributed by atoms with Gasteiger partial charge >= 0.3 is 0 Å². The monoisotopic (exact) mass is 374 g/mol. The van der Waals surface area contributed by atoms with Gasteiger partial charge in [0.2, 0.25) is 5.78 Å². The molecule has 0 unspecified atom stereocenters. The number of phenolic OH excluding ortho intramolecular Hbond substituents is 1. The summed E-state index contributed by atoms with van der Waals surface area (Å²) < 4.78 is 7.28. The van der Waals surface area contributed by atoms with Gasteiger partial charge in [-0.3, -0.25) is 4.40 Å². The minimum atomic E-state index is 0.0909. The second-order valence-electron chi connectivity index (χ2n) is 6.86. The summed E-state index contributed by atoms with van der Waals surface area (Å²) in [4.78, 5) is 9.37. The van der Waals surface area contributed by atoms with Crippen LogP contribution < -0.4 is 10.1 Å². The first kappa shape index (κ1) is 17.9. The van der Waals surface area contributed by atoms with Crippen molar-refractivity contribution in [3.8, 4) is 22.8 Å². The Morgan fingerprint density at radius 1 is 0.964 bits per heavy atom. The van der Waals surface area contributed by atoms with Gasteiger partial charge in [-0.05, 0) is 57.2 Å². The molecule has 0 aliphatic rings. The van der Waals surface area contributed by atoms with E-state index >= 15 is 0 Å². The Bertz CT molecular complexity index is 1160. The Labute approximate surface area is 163 Å². The average molecular weight is 374 g/mol. The fraction of sp³-hybridized carbons (Fsp3) is 0.182. The number of ether oxygens (including phenoxy) is 1. The van der Waals surface area contributed by atoms with E-state index < -0.39 is 0 Å². The highest BCUT2D eigenvalue weighted by Crippen LogP contribution is 2.36. The summed E-state index contributed by atoms with van der Waals surface area (Å²) in [6.45, 7) is 6.05. The van der Waals surface area contributed by atoms with Crippen molar-refractivity contribution in [3.63, 3.8) is 0 Å². The molecular formula is C22H22N4O2. The van der Waals surface area contributed by atoms with Gasteiger partial charge in [-0.25, -0.2) is 9.97 Å². The molecule has 142 valence electrons. The van der Waals surface area contributed by atoms with Gasteiger partial charge in [0, 0.05) is 22.6 Å². The van der Waals surface area contributed by atoms with E-state index in [4.69, 9.17) is 9.72 Å². The second-order valence-corrected chi connectivity index (χ2v) is 6.86. The third kappa shape index (κ3) is 3.13. The van der Waals surface area contributed by atoms with Crippen LogP contribution in [0.15, 0.2) is 48.5 Å². The van der Waals surface area contributed by atoms with Gasteiger partial charge in [0.1, 0.15) is 11.5 Å². The van der Waals surface area contributed by atoms with E-state index in [1.165, 1.54) is 12.7 Å². The van der Waals surface area contributed by atoms with E-state index in [9.17, 15) is 5.11 Å². The van der Waals surface area contributed by atoms with Crippen LogP contribution in [0.25, 0.3) is 17.0 Å². The van der Waals surface area contributed by atoms with E-state index in [1.807, 2.05) is 42.5 Å². The number of aromatic hydroxyl groups is 1. The van der Waals surface area contributed by atoms with Crippen LogP contribution in [0.1, 0.15) is 17.0 Å². The van der Waals surface area contributed by atoms with Crippen LogP contribution in [0.2, 0.25) is 0 Å². The van der Waals surface area contributed by atoms with Crippen LogP contribution in [-0.4, -0.2) is 26.6 Å². The molecule has 0 fully saturated rings. The maximum atomic E-state index is 9.95. The lowest BCUT2D eigenvalue weighted by atomic mass is 10.1. The molecule has 2 N–H and O–H groups in total. The predicted octanol–water partition coefficient (Wildman–Crippen LogP) is 4.78. The van der Waals surface area contributed by atoms with Crippen LogP contribution in [0.4, 0.5) is 11.5 Å². The average Bonchev–Trinajstić information content (AvgIpc) is 3.02. The van der Waals surface area contributed by atoms with Gasteiger partial charge in [0.15, 0.2) is 11.5 Å². The smallest absolute Gasteiger partial charge is 0.236 e. The zero-order valence-electron chi connectivity index (χ0n) is 16.3. The molecule has 0 amide bonds. The molecule has 0 atom stereocenters. The summed E-state index contributed by atoms with van der Waals surface area (Å²) in [5.41, 5.74) is 5.65. The third-order valence-electron chi connectivity index (χ3n) is 4.67. The zero-order chi connectivity index (χ0) is 19.8. The Morgan fingerprint density at radius 3 is 2.43 bits per heavy atom. The number of anilines is 2. The number of methoxy groups -OCH3 is 1. The van der Waals surface area contributed by atoms with Crippen LogP contribution in [0.3, 0.4) is 0 Å². The summed E-state index contributed by atoms with van der Waals surface area (Å²) >= 11 is 0. The first-order valence-corrected chi connectivity index (χ1v) is 9.04. The standard InChI is InChI=1S/C22H22N4O2/c1-13-5-8-17(9-6-13)24-21-20(16-7-10-18(27)19(12-16)28-4)25-22-23-14(2)11-15(3)26(21)22/h5-12,24,27H,1-4H3. The minimum absolute atomic E-state index is 0.0909.